The Bertz CT molecular complexity index is 603. The summed E-state index contributed by atoms with van der Waals surface area (Å²) in [6.07, 6.45) is 0.763. The maximum atomic E-state index is 6.31. The lowest BCUT2D eigenvalue weighted by Crippen LogP contribution is -2.29. The summed E-state index contributed by atoms with van der Waals surface area (Å²) in [5.74, 6) is 6.50. The molecule has 3 nitrogen and oxygen atoms in total. The van der Waals surface area contributed by atoms with Gasteiger partial charge in [-0.3, -0.25) is 11.3 Å². The van der Waals surface area contributed by atoms with E-state index in [0.717, 1.165) is 37.7 Å². The zero-order valence-corrected chi connectivity index (χ0v) is 14.4. The van der Waals surface area contributed by atoms with Crippen molar-refractivity contribution < 1.29 is 4.74 Å². The number of nitrogens with two attached hydrogens (primary N) is 1. The Morgan fingerprint density at radius 1 is 1.50 bits per heavy atom. The highest BCUT2D eigenvalue weighted by atomic mass is 79.9. The minimum atomic E-state index is 0.00138. The van der Waals surface area contributed by atoms with Gasteiger partial charge in [-0.2, -0.15) is 0 Å². The minimum Gasteiger partial charge on any atom is -0.496 e. The van der Waals surface area contributed by atoms with Crippen LogP contribution in [0.15, 0.2) is 28.1 Å². The van der Waals surface area contributed by atoms with Gasteiger partial charge in [0.2, 0.25) is 0 Å². The van der Waals surface area contributed by atoms with Gasteiger partial charge in [0.15, 0.2) is 0 Å². The van der Waals surface area contributed by atoms with Crippen molar-refractivity contribution in [2.75, 3.05) is 7.11 Å². The zero-order chi connectivity index (χ0) is 14.7. The molecule has 0 spiro atoms. The fourth-order valence-electron chi connectivity index (χ4n) is 1.98. The first kappa shape index (κ1) is 15.8. The van der Waals surface area contributed by atoms with Crippen molar-refractivity contribution in [3.8, 4) is 5.75 Å². The molecule has 0 saturated heterocycles. The first-order valence-corrected chi connectivity index (χ1v) is 8.14. The molecule has 20 heavy (non-hydrogen) atoms. The topological polar surface area (TPSA) is 47.3 Å². The largest absolute Gasteiger partial charge is 0.496 e. The Morgan fingerprint density at radius 2 is 2.25 bits per heavy atom. The number of ether oxygens (including phenoxy) is 1. The summed E-state index contributed by atoms with van der Waals surface area (Å²) in [7, 11) is 1.65. The van der Waals surface area contributed by atoms with Gasteiger partial charge in [0, 0.05) is 4.88 Å². The molecule has 3 N–H and O–H groups in total. The Kier molecular flexibility index (Phi) is 5.46. The summed E-state index contributed by atoms with van der Waals surface area (Å²) in [6, 6.07) is 6.01. The van der Waals surface area contributed by atoms with Gasteiger partial charge in [-0.15, -0.1) is 11.3 Å². The molecule has 0 aliphatic rings. The third-order valence-corrected chi connectivity index (χ3v) is 5.55. The number of thiophene rings is 1. The average Bonchev–Trinajstić information content (AvgIpc) is 2.77. The summed E-state index contributed by atoms with van der Waals surface area (Å²) in [4.78, 5) is 1.07. The van der Waals surface area contributed by atoms with Crippen LogP contribution in [0.25, 0.3) is 0 Å². The molecule has 0 aliphatic heterocycles. The zero-order valence-electron chi connectivity index (χ0n) is 11.2. The molecule has 0 aliphatic carbocycles. The van der Waals surface area contributed by atoms with Gasteiger partial charge in [-0.25, -0.2) is 0 Å². The van der Waals surface area contributed by atoms with E-state index in [-0.39, 0.29) is 6.04 Å². The number of methoxy groups -OCH3 is 1. The maximum Gasteiger partial charge on any atom is 0.133 e. The summed E-state index contributed by atoms with van der Waals surface area (Å²) < 4.78 is 6.16. The fourth-order valence-corrected chi connectivity index (χ4v) is 3.96. The molecule has 2 rings (SSSR count). The number of aryl methyl sites for hydroxylation is 1. The van der Waals surface area contributed by atoms with Crippen LogP contribution in [0.3, 0.4) is 0 Å². The van der Waals surface area contributed by atoms with Gasteiger partial charge in [-0.05, 0) is 57.9 Å². The second-order valence-corrected chi connectivity index (χ2v) is 6.63. The summed E-state index contributed by atoms with van der Waals surface area (Å²) in [5, 5.41) is 2.84. The third kappa shape index (κ3) is 3.35. The molecule has 1 atom stereocenters. The second kappa shape index (κ2) is 6.91. The maximum absolute atomic E-state index is 6.31. The van der Waals surface area contributed by atoms with E-state index in [9.17, 15) is 0 Å². The number of halogens is 2. The Morgan fingerprint density at radius 3 is 2.75 bits per heavy atom. The van der Waals surface area contributed by atoms with Crippen LogP contribution in [0.2, 0.25) is 5.02 Å². The lowest BCUT2D eigenvalue weighted by atomic mass is 10.0. The van der Waals surface area contributed by atoms with Crippen LogP contribution in [-0.2, 0) is 6.42 Å². The van der Waals surface area contributed by atoms with Gasteiger partial charge in [0.1, 0.15) is 5.75 Å². The first-order valence-electron chi connectivity index (χ1n) is 6.08. The smallest absolute Gasteiger partial charge is 0.133 e. The summed E-state index contributed by atoms with van der Waals surface area (Å²) in [5.41, 5.74) is 5.09. The molecule has 6 heteroatoms. The first-order chi connectivity index (χ1) is 9.56. The van der Waals surface area contributed by atoms with Crippen molar-refractivity contribution in [1.29, 1.82) is 0 Å². The molecule has 0 amide bonds. The van der Waals surface area contributed by atoms with Gasteiger partial charge in [0.05, 0.1) is 22.6 Å². The van der Waals surface area contributed by atoms with Gasteiger partial charge in [-0.1, -0.05) is 17.7 Å². The van der Waals surface area contributed by atoms with Crippen LogP contribution in [0.1, 0.15) is 22.0 Å². The number of hydrogen-bond acceptors (Lipinski definition) is 4. The molecule has 1 aromatic carbocycles. The van der Waals surface area contributed by atoms with Crippen molar-refractivity contribution >= 4 is 38.9 Å². The molecule has 0 radical (unpaired) electrons. The van der Waals surface area contributed by atoms with Crippen LogP contribution in [-0.4, -0.2) is 7.11 Å². The minimum absolute atomic E-state index is 0.00138. The van der Waals surface area contributed by atoms with Gasteiger partial charge >= 0.3 is 0 Å². The van der Waals surface area contributed by atoms with Gasteiger partial charge in [0.25, 0.3) is 0 Å². The molecule has 0 saturated carbocycles. The number of benzene rings is 1. The lowest BCUT2D eigenvalue weighted by molar-refractivity contribution is 0.412. The standard InChI is InChI=1S/C14H16BrClN2OS/c1-8-7-20-14(13(8)16)11(18-17)6-9-3-4-12(19-2)10(15)5-9/h3-5,7,11,18H,6,17H2,1-2H3. The van der Waals surface area contributed by atoms with E-state index < -0.39 is 0 Å². The monoisotopic (exact) mass is 374 g/mol. The van der Waals surface area contributed by atoms with Gasteiger partial charge < -0.3 is 4.74 Å². The molecular weight excluding hydrogens is 360 g/mol. The Labute approximate surface area is 136 Å². The van der Waals surface area contributed by atoms with Crippen LogP contribution < -0.4 is 16.0 Å². The van der Waals surface area contributed by atoms with Crippen LogP contribution in [0.4, 0.5) is 0 Å². The van der Waals surface area contributed by atoms with Crippen molar-refractivity contribution in [2.24, 2.45) is 5.84 Å². The highest BCUT2D eigenvalue weighted by Gasteiger charge is 2.17. The summed E-state index contributed by atoms with van der Waals surface area (Å²) >= 11 is 11.4. The van der Waals surface area contributed by atoms with E-state index in [1.54, 1.807) is 18.4 Å². The molecule has 108 valence electrons. The van der Waals surface area contributed by atoms with Crippen molar-refractivity contribution in [3.05, 3.63) is 49.1 Å². The van der Waals surface area contributed by atoms with Crippen LogP contribution in [0.5, 0.6) is 5.75 Å². The molecule has 0 fully saturated rings. The lowest BCUT2D eigenvalue weighted by Gasteiger charge is -2.16. The Hall–Kier alpha value is -0.590. The molecule has 0 bridgehead atoms. The quantitative estimate of drug-likeness (QED) is 0.607. The summed E-state index contributed by atoms with van der Waals surface area (Å²) in [6.45, 7) is 2.00. The fraction of sp³-hybridized carbons (Fsp3) is 0.286. The van der Waals surface area contributed by atoms with Crippen LogP contribution in [0, 0.1) is 6.92 Å². The molecule has 2 aromatic rings. The predicted molar refractivity (Wildman–Crippen MR) is 88.5 cm³/mol. The van der Waals surface area contributed by atoms with Crippen molar-refractivity contribution in [3.63, 3.8) is 0 Å². The third-order valence-electron chi connectivity index (χ3n) is 3.10. The number of hydrazine groups is 1. The Balaban J connectivity index is 2.22. The van der Waals surface area contributed by atoms with Crippen molar-refractivity contribution in [2.45, 2.75) is 19.4 Å². The van der Waals surface area contributed by atoms with E-state index in [0.29, 0.717) is 0 Å². The van der Waals surface area contributed by atoms with Crippen LogP contribution >= 0.6 is 38.9 Å². The van der Waals surface area contributed by atoms with E-state index in [2.05, 4.69) is 21.4 Å². The molecule has 1 unspecified atom stereocenters. The molecule has 1 aromatic heterocycles. The SMILES string of the molecule is COc1ccc(CC(NN)c2scc(C)c2Cl)cc1Br. The average molecular weight is 376 g/mol. The van der Waals surface area contributed by atoms with E-state index >= 15 is 0 Å². The molecule has 1 heterocycles. The van der Waals surface area contributed by atoms with E-state index in [1.165, 1.54) is 0 Å². The molecular formula is C14H16BrClN2OS. The highest BCUT2D eigenvalue weighted by molar-refractivity contribution is 9.10. The van der Waals surface area contributed by atoms with Crippen molar-refractivity contribution in [1.82, 2.24) is 5.43 Å². The second-order valence-electron chi connectivity index (χ2n) is 4.49. The normalized spacial score (nSPS) is 12.4. The highest BCUT2D eigenvalue weighted by Crippen LogP contribution is 2.34. The predicted octanol–water partition coefficient (Wildman–Crippen LogP) is 4.23. The number of rotatable bonds is 5. The number of hydrogen-bond donors (Lipinski definition) is 2. The van der Waals surface area contributed by atoms with E-state index in [4.69, 9.17) is 22.2 Å². The number of nitrogens with one attached hydrogen (secondary N) is 1. The van der Waals surface area contributed by atoms with E-state index in [1.807, 2.05) is 30.5 Å².